The van der Waals surface area contributed by atoms with Gasteiger partial charge in [0, 0.05) is 13.1 Å². The van der Waals surface area contributed by atoms with E-state index in [-0.39, 0.29) is 18.1 Å². The van der Waals surface area contributed by atoms with Gasteiger partial charge in [0.2, 0.25) is 5.91 Å². The molecule has 25 heavy (non-hydrogen) atoms. The minimum atomic E-state index is -0.118. The lowest BCUT2D eigenvalue weighted by atomic mass is 9.96. The molecule has 1 heterocycles. The van der Waals surface area contributed by atoms with Crippen LogP contribution in [0.5, 0.6) is 0 Å². The van der Waals surface area contributed by atoms with E-state index in [0.29, 0.717) is 12.5 Å². The number of hydrogen-bond acceptors (Lipinski definition) is 4. The molecule has 0 fully saturated rings. The Labute approximate surface area is 151 Å². The van der Waals surface area contributed by atoms with Gasteiger partial charge >= 0.3 is 0 Å². The van der Waals surface area contributed by atoms with Crippen molar-refractivity contribution in [3.05, 3.63) is 47.7 Å². The van der Waals surface area contributed by atoms with Crippen molar-refractivity contribution in [2.75, 3.05) is 19.6 Å². The largest absolute Gasteiger partial charge is 0.364 e. The topological polar surface area (TPSA) is 65.2 Å². The summed E-state index contributed by atoms with van der Waals surface area (Å²) >= 11 is 0. The normalized spacial score (nSPS) is 18.0. The second-order valence-corrected chi connectivity index (χ2v) is 7.07. The molecule has 1 aromatic rings. The summed E-state index contributed by atoms with van der Waals surface area (Å²) in [5.74, 6) is 0.622. The van der Waals surface area contributed by atoms with Crippen LogP contribution in [0.1, 0.15) is 44.2 Å². The molecule has 1 aromatic carbocycles. The Hall–Kier alpha value is -1.85. The third-order valence-electron chi connectivity index (χ3n) is 4.34. The maximum atomic E-state index is 12.3. The van der Waals surface area contributed by atoms with Crippen molar-refractivity contribution in [3.63, 3.8) is 0 Å². The predicted octanol–water partition coefficient (Wildman–Crippen LogP) is 2.07. The lowest BCUT2D eigenvalue weighted by Gasteiger charge is -2.23. The van der Waals surface area contributed by atoms with E-state index in [1.54, 1.807) is 0 Å². The maximum Gasteiger partial charge on any atom is 0.227 e. The van der Waals surface area contributed by atoms with Gasteiger partial charge in [0.1, 0.15) is 6.29 Å². The Morgan fingerprint density at radius 2 is 1.96 bits per heavy atom. The number of nitrogens with one attached hydrogen (secondary N) is 4. The zero-order chi connectivity index (χ0) is 18.1. The van der Waals surface area contributed by atoms with Crippen molar-refractivity contribution in [2.24, 2.45) is 5.92 Å². The number of carbonyl (C=O) groups is 1. The van der Waals surface area contributed by atoms with E-state index < -0.39 is 0 Å². The van der Waals surface area contributed by atoms with Crippen molar-refractivity contribution in [2.45, 2.75) is 45.8 Å². The zero-order valence-electron chi connectivity index (χ0n) is 15.6. The molecule has 5 nitrogen and oxygen atoms in total. The Balaban J connectivity index is 1.66. The monoisotopic (exact) mass is 344 g/mol. The van der Waals surface area contributed by atoms with E-state index in [2.05, 4.69) is 59.4 Å². The molecule has 0 spiro atoms. The van der Waals surface area contributed by atoms with E-state index in [4.69, 9.17) is 0 Å². The summed E-state index contributed by atoms with van der Waals surface area (Å²) in [7, 11) is 0. The van der Waals surface area contributed by atoms with Crippen LogP contribution in [0.4, 0.5) is 0 Å². The minimum absolute atomic E-state index is 0.0912. The zero-order valence-corrected chi connectivity index (χ0v) is 15.6. The van der Waals surface area contributed by atoms with Crippen LogP contribution in [0.3, 0.4) is 0 Å². The fourth-order valence-corrected chi connectivity index (χ4v) is 2.86. The van der Waals surface area contributed by atoms with Gasteiger partial charge in [-0.3, -0.25) is 15.4 Å². The van der Waals surface area contributed by atoms with Gasteiger partial charge in [-0.2, -0.15) is 0 Å². The van der Waals surface area contributed by atoms with Crippen LogP contribution in [0, 0.1) is 5.92 Å². The summed E-state index contributed by atoms with van der Waals surface area (Å²) in [6.45, 7) is 8.80. The Morgan fingerprint density at radius 3 is 2.60 bits per heavy atom. The van der Waals surface area contributed by atoms with Crippen LogP contribution in [0.15, 0.2) is 36.5 Å². The number of hydrogen-bond donors (Lipinski definition) is 4. The van der Waals surface area contributed by atoms with Gasteiger partial charge < -0.3 is 10.6 Å². The average molecular weight is 345 g/mol. The van der Waals surface area contributed by atoms with E-state index in [0.717, 1.165) is 31.5 Å². The van der Waals surface area contributed by atoms with Crippen LogP contribution >= 0.6 is 0 Å². The summed E-state index contributed by atoms with van der Waals surface area (Å²) in [5, 5.41) is 12.8. The molecule has 2 atom stereocenters. The molecular weight excluding hydrogens is 312 g/mol. The molecular formula is C20H32N4O. The van der Waals surface area contributed by atoms with Gasteiger partial charge in [-0.15, -0.1) is 0 Å². The van der Waals surface area contributed by atoms with Gasteiger partial charge in [-0.1, -0.05) is 44.2 Å². The quantitative estimate of drug-likeness (QED) is 0.518. The van der Waals surface area contributed by atoms with Crippen molar-refractivity contribution < 1.29 is 4.79 Å². The van der Waals surface area contributed by atoms with E-state index in [1.807, 2.05) is 19.2 Å². The van der Waals surface area contributed by atoms with Crippen molar-refractivity contribution >= 4 is 5.91 Å². The van der Waals surface area contributed by atoms with Crippen LogP contribution in [0.2, 0.25) is 0 Å². The Morgan fingerprint density at radius 1 is 1.20 bits per heavy atom. The Kier molecular flexibility index (Phi) is 7.95. The van der Waals surface area contributed by atoms with E-state index in [1.165, 1.54) is 5.56 Å². The van der Waals surface area contributed by atoms with Crippen LogP contribution in [-0.2, 0) is 11.2 Å². The molecule has 1 aliphatic heterocycles. The van der Waals surface area contributed by atoms with Crippen molar-refractivity contribution in [3.8, 4) is 0 Å². The molecule has 5 heteroatoms. The third kappa shape index (κ3) is 6.88. The fraction of sp³-hybridized carbons (Fsp3) is 0.550. The van der Waals surface area contributed by atoms with Gasteiger partial charge in [0.25, 0.3) is 0 Å². The summed E-state index contributed by atoms with van der Waals surface area (Å²) in [5.41, 5.74) is 2.41. The number of amides is 1. The highest BCUT2D eigenvalue weighted by Gasteiger charge is 2.14. The average Bonchev–Trinajstić information content (AvgIpc) is 2.61. The molecule has 0 aromatic heterocycles. The Bertz CT molecular complexity index is 553. The molecule has 0 saturated carbocycles. The summed E-state index contributed by atoms with van der Waals surface area (Å²) in [4.78, 5) is 12.3. The summed E-state index contributed by atoms with van der Waals surface area (Å²) in [6, 6.07) is 8.44. The molecule has 0 aliphatic carbocycles. The minimum Gasteiger partial charge on any atom is -0.364 e. The first-order valence-electron chi connectivity index (χ1n) is 9.30. The summed E-state index contributed by atoms with van der Waals surface area (Å²) < 4.78 is 0. The number of carbonyl (C=O) groups excluding carboxylic acids is 1. The fourth-order valence-electron chi connectivity index (χ4n) is 2.86. The first kappa shape index (κ1) is 19.5. The highest BCUT2D eigenvalue weighted by molar-refractivity contribution is 5.83. The molecule has 0 saturated heterocycles. The predicted molar refractivity (Wildman–Crippen MR) is 103 cm³/mol. The molecule has 1 aliphatic rings. The first-order chi connectivity index (χ1) is 12.1. The molecule has 0 radical (unpaired) electrons. The molecule has 1 unspecified atom stereocenters. The molecule has 2 rings (SSSR count). The van der Waals surface area contributed by atoms with Gasteiger partial charge in [-0.25, -0.2) is 0 Å². The maximum absolute atomic E-state index is 12.3. The van der Waals surface area contributed by atoms with Gasteiger partial charge in [0.05, 0.1) is 5.92 Å². The second-order valence-electron chi connectivity index (χ2n) is 7.07. The standard InChI is InChI=1S/C20H32N4O/c1-15(2)14-17-6-8-18(9-7-17)16(3)19(25)21-10-4-11-22-20-23-12-5-13-24-20/h5-9,12,15-16,20,22-24H,4,10-11,13-14H2,1-3H3,(H,21,25)/t16-,20?/m1/s1. The van der Waals surface area contributed by atoms with Crippen molar-refractivity contribution in [1.82, 2.24) is 21.3 Å². The van der Waals surface area contributed by atoms with Gasteiger partial charge in [-0.05, 0) is 49.6 Å². The smallest absolute Gasteiger partial charge is 0.227 e. The highest BCUT2D eigenvalue weighted by Crippen LogP contribution is 2.17. The van der Waals surface area contributed by atoms with Gasteiger partial charge in [0.15, 0.2) is 0 Å². The molecule has 0 bridgehead atoms. The van der Waals surface area contributed by atoms with E-state index >= 15 is 0 Å². The number of rotatable bonds is 9. The molecule has 1 amide bonds. The number of benzene rings is 1. The third-order valence-corrected chi connectivity index (χ3v) is 4.34. The van der Waals surface area contributed by atoms with Crippen LogP contribution in [-0.4, -0.2) is 31.8 Å². The van der Waals surface area contributed by atoms with E-state index in [9.17, 15) is 4.79 Å². The molecule has 4 N–H and O–H groups in total. The molecule has 138 valence electrons. The van der Waals surface area contributed by atoms with Crippen molar-refractivity contribution in [1.29, 1.82) is 0 Å². The lowest BCUT2D eigenvalue weighted by molar-refractivity contribution is -0.122. The van der Waals surface area contributed by atoms with Crippen LogP contribution in [0.25, 0.3) is 0 Å². The van der Waals surface area contributed by atoms with Crippen LogP contribution < -0.4 is 21.3 Å². The summed E-state index contributed by atoms with van der Waals surface area (Å²) in [6.07, 6.45) is 6.08. The second kappa shape index (κ2) is 10.2. The lowest BCUT2D eigenvalue weighted by Crippen LogP contribution is -2.53. The first-order valence-corrected chi connectivity index (χ1v) is 9.30. The SMILES string of the molecule is CC(C)Cc1ccc([C@@H](C)C(=O)NCCCNC2NC=CCN2)cc1. The highest BCUT2D eigenvalue weighted by atomic mass is 16.1.